The lowest BCUT2D eigenvalue weighted by Crippen LogP contribution is -2.43. The second kappa shape index (κ2) is 6.99. The Kier molecular flexibility index (Phi) is 5.63. The molecule has 1 amide bonds. The summed E-state index contributed by atoms with van der Waals surface area (Å²) in [5.74, 6) is 0.0631. The standard InChI is InChI=1S/C14H22N2O3/c1-9(2)6-11(14(19)15-3)16-8-10-4-5-12(17)13(18)7-10/h4-5,7,9,11,16-18H,6,8H2,1-3H3,(H,15,19). The molecule has 0 heterocycles. The predicted molar refractivity (Wildman–Crippen MR) is 73.9 cm³/mol. The number of carbonyl (C=O) groups is 1. The average molecular weight is 266 g/mol. The lowest BCUT2D eigenvalue weighted by atomic mass is 10.0. The molecule has 1 aromatic carbocycles. The fourth-order valence-electron chi connectivity index (χ4n) is 1.85. The summed E-state index contributed by atoms with van der Waals surface area (Å²) in [6, 6.07) is 4.36. The van der Waals surface area contributed by atoms with Crippen LogP contribution in [0.15, 0.2) is 18.2 Å². The van der Waals surface area contributed by atoms with Crippen molar-refractivity contribution in [2.45, 2.75) is 32.9 Å². The van der Waals surface area contributed by atoms with Gasteiger partial charge in [0.2, 0.25) is 5.91 Å². The molecular formula is C14H22N2O3. The quantitative estimate of drug-likeness (QED) is 0.586. The molecule has 1 rings (SSSR count). The van der Waals surface area contributed by atoms with Gasteiger partial charge in [0.1, 0.15) is 0 Å². The Morgan fingerprint density at radius 1 is 1.26 bits per heavy atom. The van der Waals surface area contributed by atoms with Crippen molar-refractivity contribution >= 4 is 5.91 Å². The summed E-state index contributed by atoms with van der Waals surface area (Å²) in [4.78, 5) is 11.7. The number of rotatable bonds is 6. The Balaban J connectivity index is 2.64. The van der Waals surface area contributed by atoms with Gasteiger partial charge in [0, 0.05) is 13.6 Å². The van der Waals surface area contributed by atoms with Crippen molar-refractivity contribution in [3.63, 3.8) is 0 Å². The SMILES string of the molecule is CNC(=O)C(CC(C)C)NCc1ccc(O)c(O)c1. The zero-order valence-corrected chi connectivity index (χ0v) is 11.6. The smallest absolute Gasteiger partial charge is 0.236 e. The summed E-state index contributed by atoms with van der Waals surface area (Å²) in [6.45, 7) is 4.58. The number of aromatic hydroxyl groups is 2. The Hall–Kier alpha value is -1.75. The first-order valence-corrected chi connectivity index (χ1v) is 6.40. The molecule has 0 fully saturated rings. The van der Waals surface area contributed by atoms with Gasteiger partial charge in [-0.05, 0) is 30.0 Å². The number of amides is 1. The second-order valence-corrected chi connectivity index (χ2v) is 5.00. The third kappa shape index (κ3) is 4.79. The number of benzene rings is 1. The van der Waals surface area contributed by atoms with E-state index in [-0.39, 0.29) is 23.4 Å². The first kappa shape index (κ1) is 15.3. The Bertz CT molecular complexity index is 433. The first-order valence-electron chi connectivity index (χ1n) is 6.40. The van der Waals surface area contributed by atoms with Crippen molar-refractivity contribution in [2.24, 2.45) is 5.92 Å². The zero-order chi connectivity index (χ0) is 14.4. The van der Waals surface area contributed by atoms with Crippen LogP contribution in [-0.4, -0.2) is 29.2 Å². The molecule has 4 N–H and O–H groups in total. The number of phenolic OH excluding ortho intramolecular Hbond substituents is 2. The van der Waals surface area contributed by atoms with E-state index in [0.717, 1.165) is 12.0 Å². The van der Waals surface area contributed by atoms with Crippen LogP contribution >= 0.6 is 0 Å². The van der Waals surface area contributed by atoms with Crippen molar-refractivity contribution < 1.29 is 15.0 Å². The van der Waals surface area contributed by atoms with Gasteiger partial charge < -0.3 is 20.8 Å². The number of nitrogens with one attached hydrogen (secondary N) is 2. The summed E-state index contributed by atoms with van der Waals surface area (Å²) in [6.07, 6.45) is 0.740. The van der Waals surface area contributed by atoms with Crippen LogP contribution in [0.5, 0.6) is 11.5 Å². The molecule has 0 bridgehead atoms. The highest BCUT2D eigenvalue weighted by Crippen LogP contribution is 2.24. The van der Waals surface area contributed by atoms with E-state index in [2.05, 4.69) is 24.5 Å². The van der Waals surface area contributed by atoms with Crippen LogP contribution in [0.3, 0.4) is 0 Å². The van der Waals surface area contributed by atoms with Gasteiger partial charge in [0.25, 0.3) is 0 Å². The monoisotopic (exact) mass is 266 g/mol. The topological polar surface area (TPSA) is 81.6 Å². The molecule has 0 spiro atoms. The van der Waals surface area contributed by atoms with Crippen molar-refractivity contribution in [1.29, 1.82) is 0 Å². The molecule has 0 aromatic heterocycles. The Morgan fingerprint density at radius 3 is 2.47 bits per heavy atom. The van der Waals surface area contributed by atoms with Gasteiger partial charge in [0.05, 0.1) is 6.04 Å². The molecule has 0 radical (unpaired) electrons. The van der Waals surface area contributed by atoms with Gasteiger partial charge >= 0.3 is 0 Å². The number of phenols is 2. The van der Waals surface area contributed by atoms with Crippen LogP contribution in [-0.2, 0) is 11.3 Å². The van der Waals surface area contributed by atoms with E-state index in [9.17, 15) is 15.0 Å². The van der Waals surface area contributed by atoms with E-state index in [4.69, 9.17) is 0 Å². The second-order valence-electron chi connectivity index (χ2n) is 5.00. The van der Waals surface area contributed by atoms with Crippen molar-refractivity contribution in [3.05, 3.63) is 23.8 Å². The maximum Gasteiger partial charge on any atom is 0.236 e. The maximum absolute atomic E-state index is 11.7. The molecule has 19 heavy (non-hydrogen) atoms. The summed E-state index contributed by atoms with van der Waals surface area (Å²) in [7, 11) is 1.61. The fourth-order valence-corrected chi connectivity index (χ4v) is 1.85. The molecule has 0 aliphatic rings. The predicted octanol–water partition coefficient (Wildman–Crippen LogP) is 1.35. The van der Waals surface area contributed by atoms with Crippen LogP contribution in [0.4, 0.5) is 0 Å². The average Bonchev–Trinajstić information content (AvgIpc) is 2.37. The van der Waals surface area contributed by atoms with Crippen LogP contribution < -0.4 is 10.6 Å². The van der Waals surface area contributed by atoms with Crippen LogP contribution in [0, 0.1) is 5.92 Å². The molecule has 0 aliphatic carbocycles. The molecule has 5 nitrogen and oxygen atoms in total. The van der Waals surface area contributed by atoms with Gasteiger partial charge in [-0.15, -0.1) is 0 Å². The largest absolute Gasteiger partial charge is 0.504 e. The van der Waals surface area contributed by atoms with E-state index in [1.54, 1.807) is 13.1 Å². The molecule has 0 saturated heterocycles. The highest BCUT2D eigenvalue weighted by Gasteiger charge is 2.17. The molecular weight excluding hydrogens is 244 g/mol. The summed E-state index contributed by atoms with van der Waals surface area (Å²) in [5.41, 5.74) is 0.813. The minimum absolute atomic E-state index is 0.0447. The van der Waals surface area contributed by atoms with Crippen LogP contribution in [0.2, 0.25) is 0 Å². The Labute approximate surface area is 113 Å². The maximum atomic E-state index is 11.7. The highest BCUT2D eigenvalue weighted by molar-refractivity contribution is 5.81. The van der Waals surface area contributed by atoms with Gasteiger partial charge in [-0.2, -0.15) is 0 Å². The molecule has 1 atom stereocenters. The molecule has 0 saturated carbocycles. The van der Waals surface area contributed by atoms with E-state index in [0.29, 0.717) is 12.5 Å². The lowest BCUT2D eigenvalue weighted by molar-refractivity contribution is -0.123. The third-order valence-corrected chi connectivity index (χ3v) is 2.86. The molecule has 0 aliphatic heterocycles. The lowest BCUT2D eigenvalue weighted by Gasteiger charge is -2.19. The molecule has 1 unspecified atom stereocenters. The van der Waals surface area contributed by atoms with E-state index in [1.165, 1.54) is 12.1 Å². The van der Waals surface area contributed by atoms with Crippen molar-refractivity contribution in [2.75, 3.05) is 7.05 Å². The number of carbonyl (C=O) groups excluding carboxylic acids is 1. The van der Waals surface area contributed by atoms with Gasteiger partial charge in [-0.3, -0.25) is 4.79 Å². The van der Waals surface area contributed by atoms with Gasteiger partial charge in [-0.25, -0.2) is 0 Å². The molecule has 5 heteroatoms. The van der Waals surface area contributed by atoms with E-state index < -0.39 is 0 Å². The summed E-state index contributed by atoms with van der Waals surface area (Å²) >= 11 is 0. The Morgan fingerprint density at radius 2 is 1.95 bits per heavy atom. The van der Waals surface area contributed by atoms with Gasteiger partial charge in [0.15, 0.2) is 11.5 Å². The molecule has 106 valence electrons. The summed E-state index contributed by atoms with van der Waals surface area (Å²) < 4.78 is 0. The fraction of sp³-hybridized carbons (Fsp3) is 0.500. The van der Waals surface area contributed by atoms with Crippen LogP contribution in [0.1, 0.15) is 25.8 Å². The van der Waals surface area contributed by atoms with E-state index in [1.807, 2.05) is 0 Å². The van der Waals surface area contributed by atoms with Gasteiger partial charge in [-0.1, -0.05) is 19.9 Å². The number of likely N-dealkylation sites (N-methyl/N-ethyl adjacent to an activating group) is 1. The highest BCUT2D eigenvalue weighted by atomic mass is 16.3. The van der Waals surface area contributed by atoms with Crippen molar-refractivity contribution in [3.8, 4) is 11.5 Å². The number of hydrogen-bond acceptors (Lipinski definition) is 4. The van der Waals surface area contributed by atoms with Crippen molar-refractivity contribution in [1.82, 2.24) is 10.6 Å². The molecule has 1 aromatic rings. The van der Waals surface area contributed by atoms with E-state index >= 15 is 0 Å². The normalized spacial score (nSPS) is 12.4. The first-order chi connectivity index (χ1) is 8.93. The third-order valence-electron chi connectivity index (χ3n) is 2.86. The summed E-state index contributed by atoms with van der Waals surface area (Å²) in [5, 5.41) is 24.4. The van der Waals surface area contributed by atoms with Crippen LogP contribution in [0.25, 0.3) is 0 Å². The number of hydrogen-bond donors (Lipinski definition) is 4. The minimum Gasteiger partial charge on any atom is -0.504 e. The zero-order valence-electron chi connectivity index (χ0n) is 11.6. The minimum atomic E-state index is -0.263.